The minimum absolute atomic E-state index is 0.00970. The van der Waals surface area contributed by atoms with Crippen molar-refractivity contribution in [1.82, 2.24) is 64.6 Å². The van der Waals surface area contributed by atoms with Crippen LogP contribution in [0.2, 0.25) is 0 Å². The number of aromatic nitrogens is 6. The highest BCUT2D eigenvalue weighted by Gasteiger charge is 2.50. The zero-order valence-corrected chi connectivity index (χ0v) is 87.4. The third-order valence-electron chi connectivity index (χ3n) is 28.2. The Hall–Kier alpha value is -13.8. The van der Waals surface area contributed by atoms with Crippen molar-refractivity contribution in [2.24, 2.45) is 0 Å². The van der Waals surface area contributed by atoms with Crippen LogP contribution >= 0.6 is 0 Å². The van der Waals surface area contributed by atoms with Gasteiger partial charge in [-0.25, -0.2) is 51.7 Å². The molecule has 9 aliphatic heterocycles. The van der Waals surface area contributed by atoms with Crippen LogP contribution in [-0.2, 0) is 68.1 Å². The first-order valence-corrected chi connectivity index (χ1v) is 51.6. The Morgan fingerprint density at radius 2 is 0.813 bits per heavy atom. The van der Waals surface area contributed by atoms with Gasteiger partial charge in [-0.1, -0.05) is 67.8 Å². The highest BCUT2D eigenvalue weighted by molar-refractivity contribution is 7.88. The number of halogens is 8. The Kier molecular flexibility index (Phi) is 36.1. The van der Waals surface area contributed by atoms with Crippen LogP contribution in [-0.4, -0.2) is 309 Å². The average Bonchev–Trinajstić information content (AvgIpc) is 1.50. The predicted octanol–water partition coefficient (Wildman–Crippen LogP) is 16.0. The van der Waals surface area contributed by atoms with Gasteiger partial charge in [0.1, 0.15) is 84.1 Å². The smallest absolute Gasteiger partial charge is 0.476 e. The zero-order valence-electron chi connectivity index (χ0n) is 86.6. The Morgan fingerprint density at radius 3 is 1.17 bits per heavy atom. The molecule has 18 rings (SSSR count). The summed E-state index contributed by atoms with van der Waals surface area (Å²) >= 11 is 0. The van der Waals surface area contributed by atoms with E-state index >= 15 is 0 Å². The van der Waals surface area contributed by atoms with Gasteiger partial charge in [0, 0.05) is 141 Å². The summed E-state index contributed by atoms with van der Waals surface area (Å²) < 4.78 is 161. The molecule has 6 aromatic carbocycles. The number of likely N-dealkylation sites (tertiary alicyclic amines) is 3. The van der Waals surface area contributed by atoms with Crippen LogP contribution in [0, 0.1) is 57.9 Å². The van der Waals surface area contributed by atoms with Crippen molar-refractivity contribution >= 4 is 95.3 Å². The highest BCUT2D eigenvalue weighted by Crippen LogP contribution is 2.43. The summed E-state index contributed by atoms with van der Waals surface area (Å²) in [7, 11) is 0.551. The van der Waals surface area contributed by atoms with Crippen LogP contribution in [0.25, 0.3) is 46.9 Å². The van der Waals surface area contributed by atoms with E-state index in [1.807, 2.05) is 97.9 Å². The zero-order chi connectivity index (χ0) is 108. The van der Waals surface area contributed by atoms with Crippen molar-refractivity contribution in [3.63, 3.8) is 0 Å². The fraction of sp³-hybridized carbons (Fsp3) is 0.505. The van der Waals surface area contributed by atoms with Gasteiger partial charge >= 0.3 is 51.8 Å². The lowest BCUT2D eigenvalue weighted by molar-refractivity contribution is -0.134. The monoisotopic (exact) mass is 2100 g/mol. The summed E-state index contributed by atoms with van der Waals surface area (Å²) in [5.74, 6) is -3.99. The van der Waals surface area contributed by atoms with Crippen molar-refractivity contribution in [3.05, 3.63) is 218 Å². The summed E-state index contributed by atoms with van der Waals surface area (Å²) in [6, 6.07) is 26.1. The number of aryl methyl sites for hydroxylation is 3. The molecule has 0 saturated carbocycles. The molecule has 150 heavy (non-hydrogen) atoms. The average molecular weight is 2100 g/mol. The molecule has 9 aliphatic rings. The van der Waals surface area contributed by atoms with Gasteiger partial charge in [0.2, 0.25) is 25.5 Å². The number of likely N-dealkylation sites (N-methyl/N-ethyl adjacent to an activating group) is 3. The van der Waals surface area contributed by atoms with E-state index in [1.54, 1.807) is 9.80 Å². The standard InChI is InChI=1S/C35H44FN7O3.C33H37F2N7O2.C24H37N7O3.C12H8F4O3S.C3H3FO2/c1-23-28(36)13-12-24-9-7-11-30(31(23)24)41-16-14-27-29(21-41)38-33(45-22-25-10-8-15-40(25)6)39-32(27)42-17-18-43(26(20-42)19-37-5)34(44)46-35(2,3)4;1-21-27(35)11-10-23-7-5-9-29(30(21)23)40-14-12-26-28(19-40)37-33(44-20-24-8-6-13-39(24)4)38-31(26)41-15-16-42(32(43)22(2)34)25(18-41)17-36-3;1-24(2,3)34-23(32)31-12-11-30(15-18(31)13-25-4)21-19-8-9-26-14-20(19)27-22(28-21)33-16-17-7-6-10-29(17)5;1-7-9(13)6-5-8-3-2-4-10(11(7)8)19-20(17,18)12(14,15)16;1-2(4)3(5)6/h7,9,11-13,25-26H,8,10,14-22H2,1-4,6H3;5,7,9-11,24-25H,2,6,8,12-20H2,1,4H3;17-18,26H,6-16H2,1-3,5H3;2-6H,1H3;1H2,(H,5,6)/t25-,26-;24-,25-;17-,18-;;/m000../s1. The number of carbonyl (C=O) groups is 4. The largest absolute Gasteiger partial charge is 0.534 e. The molecule has 12 heterocycles. The number of nitrogens with zero attached hydrogens (tertiary/aromatic N) is 20. The van der Waals surface area contributed by atoms with Crippen LogP contribution in [0.15, 0.2) is 116 Å². The Morgan fingerprint density at radius 1 is 0.460 bits per heavy atom. The topological polar surface area (TPSA) is 316 Å². The quantitative estimate of drug-likeness (QED) is 0.0222. The number of fused-ring (bicyclic) bond motifs is 6. The van der Waals surface area contributed by atoms with E-state index in [9.17, 15) is 62.7 Å². The van der Waals surface area contributed by atoms with Gasteiger partial charge in [-0.05, 0) is 237 Å². The molecule has 6 fully saturated rings. The number of hydrogen-bond donors (Lipinski definition) is 2. The highest BCUT2D eigenvalue weighted by atomic mass is 32.2. The Labute approximate surface area is 868 Å². The summed E-state index contributed by atoms with van der Waals surface area (Å²) in [5, 5.41) is 15.1. The first kappa shape index (κ1) is 112. The number of rotatable bonds is 21. The second-order valence-electron chi connectivity index (χ2n) is 40.7. The lowest BCUT2D eigenvalue weighted by Gasteiger charge is -2.41. The molecular formula is C107H129F8N21O13S. The maximum Gasteiger partial charge on any atom is 0.534 e. The van der Waals surface area contributed by atoms with Gasteiger partial charge in [0.25, 0.3) is 5.91 Å². The molecule has 6 saturated heterocycles. The van der Waals surface area contributed by atoms with E-state index in [4.69, 9.17) is 78.4 Å². The molecule has 0 spiro atoms. The molecule has 0 radical (unpaired) electrons. The first-order chi connectivity index (χ1) is 71.3. The number of benzene rings is 6. The molecular weight excluding hydrogens is 1970 g/mol. The number of anilines is 5. The fourth-order valence-corrected chi connectivity index (χ4v) is 20.8. The number of ether oxygens (including phenoxy) is 5. The van der Waals surface area contributed by atoms with Crippen LogP contribution in [0.1, 0.15) is 131 Å². The fourth-order valence-electron chi connectivity index (χ4n) is 20.3. The third-order valence-corrected chi connectivity index (χ3v) is 29.2. The van der Waals surface area contributed by atoms with E-state index in [0.717, 1.165) is 168 Å². The summed E-state index contributed by atoms with van der Waals surface area (Å²) in [6.45, 7) is 57.5. The molecule has 3 amide bonds. The van der Waals surface area contributed by atoms with Crippen LogP contribution in [0.3, 0.4) is 0 Å². The van der Waals surface area contributed by atoms with Crippen molar-refractivity contribution in [1.29, 1.82) is 0 Å². The Bertz CT molecular complexity index is 6730. The third kappa shape index (κ3) is 27.0. The maximum absolute atomic E-state index is 14.7. The number of carbonyl (C=O) groups excluding carboxylic acids is 3. The molecule has 6 atom stereocenters. The minimum atomic E-state index is -5.79. The van der Waals surface area contributed by atoms with E-state index in [0.29, 0.717) is 158 Å². The van der Waals surface area contributed by atoms with Crippen molar-refractivity contribution in [2.45, 2.75) is 193 Å². The number of hydrogen-bond acceptors (Lipinski definition) is 27. The lowest BCUT2D eigenvalue weighted by Crippen LogP contribution is -2.57. The number of alkyl halides is 3. The van der Waals surface area contributed by atoms with E-state index in [1.165, 1.54) is 48.6 Å². The normalized spacial score (nSPS) is 19.6. The van der Waals surface area contributed by atoms with Gasteiger partial charge in [-0.2, -0.15) is 55.9 Å². The van der Waals surface area contributed by atoms with Gasteiger partial charge in [0.05, 0.1) is 30.2 Å². The second-order valence-corrected chi connectivity index (χ2v) is 42.2. The van der Waals surface area contributed by atoms with Crippen LogP contribution < -0.4 is 48.2 Å². The molecule has 9 aromatic rings. The van der Waals surface area contributed by atoms with Gasteiger partial charge in [-0.15, -0.1) is 0 Å². The minimum Gasteiger partial charge on any atom is -0.476 e. The van der Waals surface area contributed by atoms with E-state index in [-0.39, 0.29) is 73.0 Å². The maximum atomic E-state index is 14.7. The molecule has 43 heteroatoms. The molecule has 2 N–H and O–H groups in total. The number of nitrogens with one attached hydrogen (secondary N) is 1. The number of piperazine rings is 3. The number of amides is 3. The molecule has 0 unspecified atom stereocenters. The van der Waals surface area contributed by atoms with Crippen LogP contribution in [0.4, 0.5) is 73.5 Å². The number of carboxylic acid groups (broad SMARTS) is 1. The summed E-state index contributed by atoms with van der Waals surface area (Å²) in [4.78, 5) is 110. The molecule has 0 bridgehead atoms. The van der Waals surface area contributed by atoms with Crippen molar-refractivity contribution in [2.75, 3.05) is 183 Å². The first-order valence-electron chi connectivity index (χ1n) is 50.2. The second kappa shape index (κ2) is 48.4. The molecule has 0 aliphatic carbocycles. The van der Waals surface area contributed by atoms with Crippen LogP contribution in [0.5, 0.6) is 23.8 Å². The predicted molar refractivity (Wildman–Crippen MR) is 554 cm³/mol. The molecule has 802 valence electrons. The Balaban J connectivity index is 0.000000160. The molecule has 3 aromatic heterocycles. The lowest BCUT2D eigenvalue weighted by atomic mass is 9.99. The SMILES string of the molecule is C=C(F)C(=O)O.Cc1c(F)ccc2cccc(OS(=O)(=O)C(F)(F)F)c12.[C-]#[N+]C[C@H]1CN(c2nc(OC[C@@H]3CCCN3C)nc3c2CCN(c2cccc4ccc(F)c(C)c24)C3)CCN1C(=O)C(=C)F.[C-]#[N+]C[C@H]1CN(c2nc(OC[C@@H]3CCCN3C)nc3c2CCN(c2cccc4ccc(F)c(C)c24)C3)CCN1C(=O)OC(C)(C)C.[C-]#[N+]C[C@H]1CN(c2nc(OC[C@@H]3CCCN3C)nc3c2CCNC3)CCN1C(=O)OC(C)(C)C. The van der Waals surface area contributed by atoms with Gasteiger partial charge in [-0.3, -0.25) is 14.6 Å². The number of aliphatic carboxylic acids is 1. The van der Waals surface area contributed by atoms with Crippen molar-refractivity contribution in [3.8, 4) is 23.8 Å². The van der Waals surface area contributed by atoms with Gasteiger partial charge < -0.3 is 96.9 Å². The summed E-state index contributed by atoms with van der Waals surface area (Å²) in [5.41, 5.74) is 2.33. The summed E-state index contributed by atoms with van der Waals surface area (Å²) in [6.07, 6.45) is 8.13. The van der Waals surface area contributed by atoms with Gasteiger partial charge in [0.15, 0.2) is 11.6 Å². The van der Waals surface area contributed by atoms with E-state index < -0.39 is 74.1 Å². The molecule has 34 nitrogen and oxygen atoms in total. The number of carboxylic acids is 1. The van der Waals surface area contributed by atoms with E-state index in [2.05, 4.69) is 104 Å². The van der Waals surface area contributed by atoms with Crippen molar-refractivity contribution < 1.29 is 95.7 Å².